The van der Waals surface area contributed by atoms with Crippen molar-refractivity contribution < 1.29 is 0 Å². The highest BCUT2D eigenvalue weighted by molar-refractivity contribution is 5.41. The molecule has 1 heterocycles. The SMILES string of the molecule is NCc1ccccc1CNc1ccc2c(n1)CCC2. The maximum absolute atomic E-state index is 5.75. The van der Waals surface area contributed by atoms with Crippen molar-refractivity contribution in [1.29, 1.82) is 0 Å². The minimum absolute atomic E-state index is 0.579. The van der Waals surface area contributed by atoms with E-state index in [1.165, 1.54) is 35.2 Å². The zero-order valence-corrected chi connectivity index (χ0v) is 11.0. The molecule has 19 heavy (non-hydrogen) atoms. The lowest BCUT2D eigenvalue weighted by Crippen LogP contribution is -2.07. The maximum atomic E-state index is 5.75. The molecule has 0 bridgehead atoms. The Labute approximate surface area is 113 Å². The molecule has 2 aromatic rings. The van der Waals surface area contributed by atoms with Crippen LogP contribution < -0.4 is 11.1 Å². The number of nitrogens with two attached hydrogens (primary N) is 1. The summed E-state index contributed by atoms with van der Waals surface area (Å²) in [5.41, 5.74) is 10.9. The highest BCUT2D eigenvalue weighted by Crippen LogP contribution is 2.22. The van der Waals surface area contributed by atoms with E-state index in [9.17, 15) is 0 Å². The van der Waals surface area contributed by atoms with Crippen molar-refractivity contribution >= 4 is 5.82 Å². The number of aryl methyl sites for hydroxylation is 2. The molecular formula is C16H19N3. The van der Waals surface area contributed by atoms with Gasteiger partial charge in [-0.1, -0.05) is 30.3 Å². The highest BCUT2D eigenvalue weighted by Gasteiger charge is 2.12. The summed E-state index contributed by atoms with van der Waals surface area (Å²) in [5.74, 6) is 0.965. The molecule has 1 aliphatic rings. The van der Waals surface area contributed by atoms with Gasteiger partial charge in [0.05, 0.1) is 0 Å². The van der Waals surface area contributed by atoms with Gasteiger partial charge in [-0.05, 0) is 42.0 Å². The zero-order valence-electron chi connectivity index (χ0n) is 11.0. The lowest BCUT2D eigenvalue weighted by Gasteiger charge is -2.10. The van der Waals surface area contributed by atoms with Crippen LogP contribution in [-0.4, -0.2) is 4.98 Å². The molecule has 1 aromatic heterocycles. The Bertz CT molecular complexity index is 578. The quantitative estimate of drug-likeness (QED) is 0.880. The average molecular weight is 253 g/mol. The molecule has 0 fully saturated rings. The zero-order chi connectivity index (χ0) is 13.1. The summed E-state index contributed by atoms with van der Waals surface area (Å²) in [4.78, 5) is 4.68. The number of anilines is 1. The molecule has 0 spiro atoms. The van der Waals surface area contributed by atoms with Gasteiger partial charge in [0.2, 0.25) is 0 Å². The predicted molar refractivity (Wildman–Crippen MR) is 77.9 cm³/mol. The van der Waals surface area contributed by atoms with Crippen LogP contribution in [-0.2, 0) is 25.9 Å². The van der Waals surface area contributed by atoms with Crippen LogP contribution in [0.3, 0.4) is 0 Å². The second kappa shape index (κ2) is 5.41. The van der Waals surface area contributed by atoms with Crippen LogP contribution in [0.15, 0.2) is 36.4 Å². The maximum Gasteiger partial charge on any atom is 0.126 e. The fourth-order valence-corrected chi connectivity index (χ4v) is 2.63. The number of hydrogen-bond acceptors (Lipinski definition) is 3. The Kier molecular flexibility index (Phi) is 3.47. The van der Waals surface area contributed by atoms with Crippen molar-refractivity contribution in [1.82, 2.24) is 4.98 Å². The van der Waals surface area contributed by atoms with Gasteiger partial charge in [0.25, 0.3) is 0 Å². The molecule has 98 valence electrons. The molecule has 0 saturated heterocycles. The number of pyridine rings is 1. The van der Waals surface area contributed by atoms with Crippen molar-refractivity contribution in [3.8, 4) is 0 Å². The van der Waals surface area contributed by atoms with Gasteiger partial charge in [-0.25, -0.2) is 4.98 Å². The normalized spacial score (nSPS) is 13.3. The smallest absolute Gasteiger partial charge is 0.126 e. The number of nitrogens with one attached hydrogen (secondary N) is 1. The molecule has 0 atom stereocenters. The first-order valence-electron chi connectivity index (χ1n) is 6.86. The first kappa shape index (κ1) is 12.2. The van der Waals surface area contributed by atoms with Gasteiger partial charge in [0.15, 0.2) is 0 Å². The number of aromatic nitrogens is 1. The van der Waals surface area contributed by atoms with E-state index in [1.54, 1.807) is 0 Å². The van der Waals surface area contributed by atoms with Crippen LogP contribution in [0.4, 0.5) is 5.82 Å². The van der Waals surface area contributed by atoms with E-state index in [4.69, 9.17) is 5.73 Å². The van der Waals surface area contributed by atoms with Crippen LogP contribution in [0.25, 0.3) is 0 Å². The van der Waals surface area contributed by atoms with Crippen LogP contribution in [0, 0.1) is 0 Å². The Balaban J connectivity index is 1.72. The summed E-state index contributed by atoms with van der Waals surface area (Å²) >= 11 is 0. The van der Waals surface area contributed by atoms with Gasteiger partial charge in [0.1, 0.15) is 5.82 Å². The third kappa shape index (κ3) is 2.61. The lowest BCUT2D eigenvalue weighted by atomic mass is 10.1. The summed E-state index contributed by atoms with van der Waals surface area (Å²) in [6.07, 6.45) is 3.53. The van der Waals surface area contributed by atoms with E-state index >= 15 is 0 Å². The van der Waals surface area contributed by atoms with Crippen molar-refractivity contribution in [2.24, 2.45) is 5.73 Å². The molecule has 0 saturated carbocycles. The van der Waals surface area contributed by atoms with Gasteiger partial charge < -0.3 is 11.1 Å². The Morgan fingerprint density at radius 1 is 1.05 bits per heavy atom. The van der Waals surface area contributed by atoms with Gasteiger partial charge in [0, 0.05) is 18.8 Å². The topological polar surface area (TPSA) is 50.9 Å². The predicted octanol–water partition coefficient (Wildman–Crippen LogP) is 2.64. The second-order valence-electron chi connectivity index (χ2n) is 4.98. The van der Waals surface area contributed by atoms with Crippen LogP contribution >= 0.6 is 0 Å². The van der Waals surface area contributed by atoms with Gasteiger partial charge >= 0.3 is 0 Å². The Morgan fingerprint density at radius 3 is 2.74 bits per heavy atom. The monoisotopic (exact) mass is 253 g/mol. The molecule has 3 N–H and O–H groups in total. The molecular weight excluding hydrogens is 234 g/mol. The molecule has 0 amide bonds. The molecule has 1 aliphatic carbocycles. The Morgan fingerprint density at radius 2 is 1.89 bits per heavy atom. The van der Waals surface area contributed by atoms with E-state index < -0.39 is 0 Å². The summed E-state index contributed by atoms with van der Waals surface area (Å²) < 4.78 is 0. The second-order valence-corrected chi connectivity index (χ2v) is 4.98. The van der Waals surface area contributed by atoms with E-state index in [-0.39, 0.29) is 0 Å². The van der Waals surface area contributed by atoms with Crippen LogP contribution in [0.2, 0.25) is 0 Å². The van der Waals surface area contributed by atoms with Gasteiger partial charge in [-0.2, -0.15) is 0 Å². The number of rotatable bonds is 4. The number of nitrogens with zero attached hydrogens (tertiary/aromatic N) is 1. The number of benzene rings is 1. The van der Waals surface area contributed by atoms with Crippen molar-refractivity contribution in [2.75, 3.05) is 5.32 Å². The minimum Gasteiger partial charge on any atom is -0.366 e. The molecule has 3 heteroatoms. The third-order valence-electron chi connectivity index (χ3n) is 3.73. The molecule has 0 unspecified atom stereocenters. The molecule has 3 rings (SSSR count). The third-order valence-corrected chi connectivity index (χ3v) is 3.73. The van der Waals surface area contributed by atoms with Gasteiger partial charge in [-0.15, -0.1) is 0 Å². The Hall–Kier alpha value is -1.87. The lowest BCUT2D eigenvalue weighted by molar-refractivity contribution is 0.898. The minimum atomic E-state index is 0.579. The summed E-state index contributed by atoms with van der Waals surface area (Å²) in [6.45, 7) is 1.36. The van der Waals surface area contributed by atoms with E-state index in [1.807, 2.05) is 12.1 Å². The van der Waals surface area contributed by atoms with Crippen molar-refractivity contribution in [2.45, 2.75) is 32.4 Å². The standard InChI is InChI=1S/C16H19N3/c17-10-13-4-1-2-5-14(13)11-18-16-9-8-12-6-3-7-15(12)19-16/h1-2,4-5,8-9H,3,6-7,10-11,17H2,(H,18,19). The first-order valence-corrected chi connectivity index (χ1v) is 6.86. The number of fused-ring (bicyclic) bond motifs is 1. The van der Waals surface area contributed by atoms with Crippen LogP contribution in [0.1, 0.15) is 28.8 Å². The molecule has 0 aliphatic heterocycles. The van der Waals surface area contributed by atoms with E-state index in [0.29, 0.717) is 6.54 Å². The highest BCUT2D eigenvalue weighted by atomic mass is 15.0. The van der Waals surface area contributed by atoms with Crippen molar-refractivity contribution in [3.63, 3.8) is 0 Å². The molecule has 3 nitrogen and oxygen atoms in total. The van der Waals surface area contributed by atoms with E-state index in [0.717, 1.165) is 18.8 Å². The molecule has 0 radical (unpaired) electrons. The largest absolute Gasteiger partial charge is 0.366 e. The van der Waals surface area contributed by atoms with Gasteiger partial charge in [-0.3, -0.25) is 0 Å². The fourth-order valence-electron chi connectivity index (χ4n) is 2.63. The summed E-state index contributed by atoms with van der Waals surface area (Å²) in [5, 5.41) is 3.40. The fraction of sp³-hybridized carbons (Fsp3) is 0.312. The van der Waals surface area contributed by atoms with Crippen molar-refractivity contribution in [3.05, 3.63) is 58.8 Å². The molecule has 1 aromatic carbocycles. The van der Waals surface area contributed by atoms with Crippen LogP contribution in [0.5, 0.6) is 0 Å². The average Bonchev–Trinajstić information content (AvgIpc) is 2.93. The van der Waals surface area contributed by atoms with E-state index in [2.05, 4.69) is 34.6 Å². The first-order chi connectivity index (χ1) is 9.36. The summed E-state index contributed by atoms with van der Waals surface area (Å²) in [7, 11) is 0. The summed E-state index contributed by atoms with van der Waals surface area (Å²) in [6, 6.07) is 12.5. The number of hydrogen-bond donors (Lipinski definition) is 2.